The lowest BCUT2D eigenvalue weighted by molar-refractivity contribution is 0.0392. The van der Waals surface area contributed by atoms with Crippen LogP contribution in [0.5, 0.6) is 0 Å². The van der Waals surface area contributed by atoms with Crippen LogP contribution in [0, 0.1) is 0 Å². The van der Waals surface area contributed by atoms with Crippen LogP contribution in [0.15, 0.2) is 42.9 Å². The highest BCUT2D eigenvalue weighted by Crippen LogP contribution is 2.28. The number of pyridine rings is 1. The Kier molecular flexibility index (Phi) is 5.91. The van der Waals surface area contributed by atoms with Crippen LogP contribution in [0.25, 0.3) is 16.9 Å². The molecule has 0 radical (unpaired) electrons. The number of anilines is 1. The Balaban J connectivity index is 1.15. The van der Waals surface area contributed by atoms with Gasteiger partial charge >= 0.3 is 0 Å². The van der Waals surface area contributed by atoms with Crippen molar-refractivity contribution in [1.82, 2.24) is 39.5 Å². The molecule has 2 saturated heterocycles. The Bertz CT molecular complexity index is 1290. The van der Waals surface area contributed by atoms with Crippen LogP contribution >= 0.6 is 0 Å². The summed E-state index contributed by atoms with van der Waals surface area (Å²) in [5.41, 5.74) is 3.89. The number of hydrogen-bond donors (Lipinski definition) is 0. The van der Waals surface area contributed by atoms with Gasteiger partial charge in [-0.3, -0.25) is 4.68 Å². The highest BCUT2D eigenvalue weighted by atomic mass is 16.5. The summed E-state index contributed by atoms with van der Waals surface area (Å²) in [6, 6.07) is 8.32. The van der Waals surface area contributed by atoms with E-state index in [4.69, 9.17) is 14.8 Å². The number of piperidine rings is 1. The Hall–Kier alpha value is -3.37. The zero-order chi connectivity index (χ0) is 23.8. The van der Waals surface area contributed by atoms with Gasteiger partial charge in [-0.2, -0.15) is 14.7 Å². The first kappa shape index (κ1) is 22.1. The van der Waals surface area contributed by atoms with E-state index in [0.29, 0.717) is 18.9 Å². The summed E-state index contributed by atoms with van der Waals surface area (Å²) < 4.78 is 9.69. The van der Waals surface area contributed by atoms with Crippen LogP contribution in [0.2, 0.25) is 0 Å². The first-order chi connectivity index (χ1) is 17.1. The van der Waals surface area contributed by atoms with Gasteiger partial charge in [0.15, 0.2) is 11.5 Å². The molecule has 4 aromatic rings. The van der Waals surface area contributed by atoms with Crippen LogP contribution < -0.4 is 4.90 Å². The number of aryl methyl sites for hydroxylation is 1. The van der Waals surface area contributed by atoms with Gasteiger partial charge in [0.1, 0.15) is 5.82 Å². The van der Waals surface area contributed by atoms with Crippen molar-refractivity contribution in [1.29, 1.82) is 0 Å². The summed E-state index contributed by atoms with van der Waals surface area (Å²) in [7, 11) is 4.10. The summed E-state index contributed by atoms with van der Waals surface area (Å²) in [6.45, 7) is 4.58. The first-order valence-corrected chi connectivity index (χ1v) is 12.3. The van der Waals surface area contributed by atoms with Gasteiger partial charge < -0.3 is 14.5 Å². The average Bonchev–Trinajstić information content (AvgIpc) is 3.51. The Morgan fingerprint density at radius 2 is 1.89 bits per heavy atom. The molecule has 4 aromatic heterocycles. The molecule has 0 bridgehead atoms. The summed E-state index contributed by atoms with van der Waals surface area (Å²) in [5, 5.41) is 17.7. The smallest absolute Gasteiger partial charge is 0.177 e. The van der Waals surface area contributed by atoms with Gasteiger partial charge in [-0.25, -0.2) is 4.98 Å². The molecule has 0 N–H and O–H groups in total. The molecule has 1 unspecified atom stereocenters. The molecule has 35 heavy (non-hydrogen) atoms. The number of aromatic nitrogens is 7. The second-order valence-electron chi connectivity index (χ2n) is 9.68. The molecule has 2 fully saturated rings. The number of rotatable bonds is 5. The molecule has 6 heterocycles. The number of morpholine rings is 1. The van der Waals surface area contributed by atoms with E-state index in [2.05, 4.69) is 50.5 Å². The van der Waals surface area contributed by atoms with Crippen LogP contribution in [0.1, 0.15) is 30.1 Å². The van der Waals surface area contributed by atoms with Gasteiger partial charge in [0.2, 0.25) is 0 Å². The quantitative estimate of drug-likeness (QED) is 0.436. The van der Waals surface area contributed by atoms with Crippen molar-refractivity contribution in [2.75, 3.05) is 44.7 Å². The lowest BCUT2D eigenvalue weighted by atomic mass is 9.91. The third-order valence-corrected chi connectivity index (χ3v) is 7.16. The monoisotopic (exact) mass is 473 g/mol. The Morgan fingerprint density at radius 1 is 1.00 bits per heavy atom. The lowest BCUT2D eigenvalue weighted by Gasteiger charge is -2.34. The van der Waals surface area contributed by atoms with E-state index in [0.717, 1.165) is 54.7 Å². The maximum absolute atomic E-state index is 6.10. The molecule has 1 atom stereocenters. The third kappa shape index (κ3) is 4.63. The molecule has 2 aliphatic heterocycles. The second-order valence-corrected chi connectivity index (χ2v) is 9.68. The fourth-order valence-corrected chi connectivity index (χ4v) is 5.09. The standard InChI is InChI=1S/C25H31N9O/c1-31-9-7-18(8-10-31)19-3-5-23(26-14-19)33-11-12-35-21(17-33)13-25-29-28-24-6-4-22(30-34(24)25)20-15-27-32(2)16-20/h3-6,14-16,18,21H,7-13,17H2,1-2H3. The predicted molar refractivity (Wildman–Crippen MR) is 132 cm³/mol. The predicted octanol–water partition coefficient (Wildman–Crippen LogP) is 2.18. The van der Waals surface area contributed by atoms with Gasteiger partial charge in [-0.05, 0) is 62.7 Å². The van der Waals surface area contributed by atoms with Crippen molar-refractivity contribution in [2.24, 2.45) is 7.05 Å². The highest BCUT2D eigenvalue weighted by molar-refractivity contribution is 5.58. The summed E-state index contributed by atoms with van der Waals surface area (Å²) in [5.74, 6) is 2.43. The first-order valence-electron chi connectivity index (χ1n) is 12.3. The van der Waals surface area contributed by atoms with Crippen molar-refractivity contribution in [2.45, 2.75) is 31.3 Å². The number of ether oxygens (including phenoxy) is 1. The number of likely N-dealkylation sites (tertiary alicyclic amines) is 1. The molecule has 0 spiro atoms. The van der Waals surface area contributed by atoms with E-state index in [9.17, 15) is 0 Å². The number of nitrogens with zero attached hydrogens (tertiary/aromatic N) is 9. The van der Waals surface area contributed by atoms with Crippen molar-refractivity contribution >= 4 is 11.5 Å². The molecule has 6 rings (SSSR count). The lowest BCUT2D eigenvalue weighted by Crippen LogP contribution is -2.44. The fraction of sp³-hybridized carbons (Fsp3) is 0.480. The van der Waals surface area contributed by atoms with E-state index in [1.54, 1.807) is 4.68 Å². The number of hydrogen-bond acceptors (Lipinski definition) is 8. The van der Waals surface area contributed by atoms with Crippen molar-refractivity contribution < 1.29 is 4.74 Å². The summed E-state index contributed by atoms with van der Waals surface area (Å²) in [6.07, 6.45) is 8.88. The van der Waals surface area contributed by atoms with Crippen molar-refractivity contribution in [3.05, 3.63) is 54.2 Å². The zero-order valence-electron chi connectivity index (χ0n) is 20.3. The van der Waals surface area contributed by atoms with Gasteiger partial charge in [0, 0.05) is 44.5 Å². The minimum absolute atomic E-state index is 0.00430. The van der Waals surface area contributed by atoms with Crippen LogP contribution in [0.4, 0.5) is 5.82 Å². The Labute approximate surface area is 204 Å². The van der Waals surface area contributed by atoms with Crippen molar-refractivity contribution in [3.63, 3.8) is 0 Å². The van der Waals surface area contributed by atoms with E-state index >= 15 is 0 Å². The van der Waals surface area contributed by atoms with Gasteiger partial charge in [-0.15, -0.1) is 10.2 Å². The molecular weight excluding hydrogens is 442 g/mol. The van der Waals surface area contributed by atoms with Gasteiger partial charge in [-0.1, -0.05) is 6.07 Å². The molecule has 2 aliphatic rings. The highest BCUT2D eigenvalue weighted by Gasteiger charge is 2.25. The minimum Gasteiger partial charge on any atom is -0.374 e. The summed E-state index contributed by atoms with van der Waals surface area (Å²) in [4.78, 5) is 9.54. The SMILES string of the molecule is CN1CCC(c2ccc(N3CCOC(Cc4nnc5ccc(-c6cnn(C)c6)nn45)C3)nc2)CC1. The van der Waals surface area contributed by atoms with Crippen molar-refractivity contribution in [3.8, 4) is 11.3 Å². The molecule has 10 nitrogen and oxygen atoms in total. The van der Waals surface area contributed by atoms with Gasteiger partial charge in [0.25, 0.3) is 0 Å². The normalized spacial score (nSPS) is 20.1. The van der Waals surface area contributed by atoms with E-state index in [1.807, 2.05) is 36.1 Å². The summed E-state index contributed by atoms with van der Waals surface area (Å²) >= 11 is 0. The Morgan fingerprint density at radius 3 is 2.66 bits per heavy atom. The maximum atomic E-state index is 6.10. The number of fused-ring (bicyclic) bond motifs is 1. The maximum Gasteiger partial charge on any atom is 0.177 e. The molecule has 182 valence electrons. The van der Waals surface area contributed by atoms with E-state index < -0.39 is 0 Å². The van der Waals surface area contributed by atoms with Gasteiger partial charge in [0.05, 0.1) is 24.6 Å². The van der Waals surface area contributed by atoms with E-state index in [1.165, 1.54) is 18.4 Å². The fourth-order valence-electron chi connectivity index (χ4n) is 5.09. The zero-order valence-corrected chi connectivity index (χ0v) is 20.3. The molecular formula is C25H31N9O. The minimum atomic E-state index is -0.00430. The topological polar surface area (TPSA) is 89.5 Å². The third-order valence-electron chi connectivity index (χ3n) is 7.16. The van der Waals surface area contributed by atoms with Crippen LogP contribution in [0.3, 0.4) is 0 Å². The molecule has 10 heteroatoms. The molecule has 0 aromatic carbocycles. The average molecular weight is 474 g/mol. The molecule has 0 amide bonds. The largest absolute Gasteiger partial charge is 0.374 e. The molecule has 0 saturated carbocycles. The second kappa shape index (κ2) is 9.35. The molecule has 0 aliphatic carbocycles. The van der Waals surface area contributed by atoms with Crippen LogP contribution in [-0.2, 0) is 18.2 Å². The van der Waals surface area contributed by atoms with Crippen LogP contribution in [-0.4, -0.2) is 85.4 Å². The van der Waals surface area contributed by atoms with E-state index in [-0.39, 0.29) is 6.10 Å².